The van der Waals surface area contributed by atoms with Gasteiger partial charge in [-0.1, -0.05) is 6.92 Å². The second-order valence-corrected chi connectivity index (χ2v) is 6.27. The molecule has 1 atom stereocenters. The molecule has 1 heterocycles. The van der Waals surface area contributed by atoms with Gasteiger partial charge in [-0.3, -0.25) is 4.79 Å². The summed E-state index contributed by atoms with van der Waals surface area (Å²) in [5.41, 5.74) is 0. The fourth-order valence-corrected chi connectivity index (χ4v) is 2.97. The van der Waals surface area contributed by atoms with Gasteiger partial charge < -0.3 is 15.4 Å². The summed E-state index contributed by atoms with van der Waals surface area (Å²) in [5, 5.41) is 6.31. The number of rotatable bonds is 8. The minimum atomic E-state index is -0.271. The molecule has 1 saturated heterocycles. The van der Waals surface area contributed by atoms with Crippen LogP contribution in [0.25, 0.3) is 0 Å². The molecule has 0 saturated carbocycles. The van der Waals surface area contributed by atoms with Gasteiger partial charge in [-0.15, -0.1) is 0 Å². The molecule has 0 radical (unpaired) electrons. The lowest BCUT2D eigenvalue weighted by molar-refractivity contribution is -0.122. The molecule has 2 N–H and O–H groups in total. The van der Waals surface area contributed by atoms with Crippen LogP contribution in [0, 0.1) is 17.7 Å². The molecule has 23 heavy (non-hydrogen) atoms. The largest absolute Gasteiger partial charge is 0.494 e. The van der Waals surface area contributed by atoms with Crippen molar-refractivity contribution in [3.05, 3.63) is 30.1 Å². The third-order valence-electron chi connectivity index (χ3n) is 4.42. The van der Waals surface area contributed by atoms with Crippen LogP contribution in [-0.2, 0) is 4.79 Å². The molecular formula is C18H27FN2O2. The van der Waals surface area contributed by atoms with Crippen molar-refractivity contribution in [3.8, 4) is 5.75 Å². The SMILES string of the molecule is CC(CC(=O)NCCCOc1ccc(F)cc1)C1CCNCC1. The van der Waals surface area contributed by atoms with E-state index in [0.29, 0.717) is 37.2 Å². The highest BCUT2D eigenvalue weighted by molar-refractivity contribution is 5.76. The quantitative estimate of drug-likeness (QED) is 0.724. The summed E-state index contributed by atoms with van der Waals surface area (Å²) >= 11 is 0. The Bertz CT molecular complexity index is 472. The Morgan fingerprint density at radius 3 is 2.74 bits per heavy atom. The average Bonchev–Trinajstić information content (AvgIpc) is 2.57. The number of benzene rings is 1. The second-order valence-electron chi connectivity index (χ2n) is 6.27. The molecule has 1 unspecified atom stereocenters. The zero-order chi connectivity index (χ0) is 16.5. The Hall–Kier alpha value is -1.62. The van der Waals surface area contributed by atoms with Crippen molar-refractivity contribution >= 4 is 5.91 Å². The van der Waals surface area contributed by atoms with Gasteiger partial charge in [-0.05, 0) is 68.5 Å². The molecule has 0 spiro atoms. The molecule has 4 nitrogen and oxygen atoms in total. The number of carbonyl (C=O) groups excluding carboxylic acids is 1. The van der Waals surface area contributed by atoms with Gasteiger partial charge in [0.25, 0.3) is 0 Å². The molecular weight excluding hydrogens is 295 g/mol. The fraction of sp³-hybridized carbons (Fsp3) is 0.611. The van der Waals surface area contributed by atoms with E-state index in [1.807, 2.05) is 0 Å². The summed E-state index contributed by atoms with van der Waals surface area (Å²) in [6.07, 6.45) is 3.67. The number of hydrogen-bond donors (Lipinski definition) is 2. The molecule has 1 aliphatic rings. The van der Waals surface area contributed by atoms with Gasteiger partial charge in [0.05, 0.1) is 6.61 Å². The van der Waals surface area contributed by atoms with Crippen LogP contribution in [0.15, 0.2) is 24.3 Å². The van der Waals surface area contributed by atoms with Crippen LogP contribution in [-0.4, -0.2) is 32.1 Å². The molecule has 128 valence electrons. The summed E-state index contributed by atoms with van der Waals surface area (Å²) in [7, 11) is 0. The summed E-state index contributed by atoms with van der Waals surface area (Å²) in [6, 6.07) is 5.96. The molecule has 5 heteroatoms. The number of halogens is 1. The normalized spacial score (nSPS) is 16.8. The van der Waals surface area contributed by atoms with E-state index in [4.69, 9.17) is 4.74 Å². The molecule has 0 bridgehead atoms. The van der Waals surface area contributed by atoms with Gasteiger partial charge in [-0.2, -0.15) is 0 Å². The van der Waals surface area contributed by atoms with Crippen LogP contribution in [0.4, 0.5) is 4.39 Å². The standard InChI is InChI=1S/C18H27FN2O2/c1-14(15-7-10-20-11-8-15)13-18(22)21-9-2-12-23-17-5-3-16(19)4-6-17/h3-6,14-15,20H,2,7-13H2,1H3,(H,21,22). The molecule has 1 amide bonds. The molecule has 1 aromatic carbocycles. The number of piperidine rings is 1. The predicted molar refractivity (Wildman–Crippen MR) is 88.9 cm³/mol. The maximum atomic E-state index is 12.8. The van der Waals surface area contributed by atoms with E-state index in [1.165, 1.54) is 25.0 Å². The third-order valence-corrected chi connectivity index (χ3v) is 4.42. The Kier molecular flexibility index (Phi) is 7.33. The monoisotopic (exact) mass is 322 g/mol. The van der Waals surface area contributed by atoms with E-state index in [9.17, 15) is 9.18 Å². The van der Waals surface area contributed by atoms with Gasteiger partial charge in [0, 0.05) is 13.0 Å². The van der Waals surface area contributed by atoms with Gasteiger partial charge >= 0.3 is 0 Å². The predicted octanol–water partition coefficient (Wildman–Crippen LogP) is 2.74. The van der Waals surface area contributed by atoms with Gasteiger partial charge in [0.2, 0.25) is 5.91 Å². The maximum absolute atomic E-state index is 12.8. The lowest BCUT2D eigenvalue weighted by Gasteiger charge is -2.27. The summed E-state index contributed by atoms with van der Waals surface area (Å²) in [5.74, 6) is 1.60. The Morgan fingerprint density at radius 2 is 2.04 bits per heavy atom. The zero-order valence-corrected chi connectivity index (χ0v) is 13.8. The van der Waals surface area contributed by atoms with Crippen molar-refractivity contribution < 1.29 is 13.9 Å². The Morgan fingerprint density at radius 1 is 1.35 bits per heavy atom. The minimum absolute atomic E-state index is 0.123. The summed E-state index contributed by atoms with van der Waals surface area (Å²) in [4.78, 5) is 12.0. The highest BCUT2D eigenvalue weighted by Crippen LogP contribution is 2.24. The molecule has 0 aliphatic carbocycles. The average molecular weight is 322 g/mol. The van der Waals surface area contributed by atoms with Crippen LogP contribution in [0.3, 0.4) is 0 Å². The van der Waals surface area contributed by atoms with E-state index in [1.54, 1.807) is 12.1 Å². The lowest BCUT2D eigenvalue weighted by Crippen LogP contribution is -2.33. The zero-order valence-electron chi connectivity index (χ0n) is 13.8. The first kappa shape index (κ1) is 17.7. The van der Waals surface area contributed by atoms with Gasteiger partial charge in [-0.25, -0.2) is 4.39 Å². The molecule has 2 rings (SSSR count). The number of ether oxygens (including phenoxy) is 1. The molecule has 0 aromatic heterocycles. The van der Waals surface area contributed by atoms with Gasteiger partial charge in [0.15, 0.2) is 0 Å². The number of hydrogen-bond acceptors (Lipinski definition) is 3. The second kappa shape index (κ2) is 9.50. The topological polar surface area (TPSA) is 50.4 Å². The summed E-state index contributed by atoms with van der Waals surface area (Å²) < 4.78 is 18.2. The Balaban J connectivity index is 1.54. The maximum Gasteiger partial charge on any atom is 0.220 e. The van der Waals surface area contributed by atoms with E-state index in [0.717, 1.165) is 19.5 Å². The highest BCUT2D eigenvalue weighted by Gasteiger charge is 2.21. The first-order chi connectivity index (χ1) is 11.1. The van der Waals surface area contributed by atoms with Crippen LogP contribution in [0.1, 0.15) is 32.6 Å². The van der Waals surface area contributed by atoms with Gasteiger partial charge in [0.1, 0.15) is 11.6 Å². The van der Waals surface area contributed by atoms with Crippen molar-refractivity contribution in [2.75, 3.05) is 26.2 Å². The van der Waals surface area contributed by atoms with Crippen molar-refractivity contribution in [3.63, 3.8) is 0 Å². The van der Waals surface area contributed by atoms with E-state index < -0.39 is 0 Å². The third kappa shape index (κ3) is 6.57. The lowest BCUT2D eigenvalue weighted by atomic mass is 9.84. The van der Waals surface area contributed by atoms with Crippen LogP contribution in [0.2, 0.25) is 0 Å². The smallest absolute Gasteiger partial charge is 0.220 e. The van der Waals surface area contributed by atoms with E-state index in [2.05, 4.69) is 17.6 Å². The van der Waals surface area contributed by atoms with Crippen LogP contribution >= 0.6 is 0 Å². The number of amides is 1. The van der Waals surface area contributed by atoms with E-state index >= 15 is 0 Å². The number of carbonyl (C=O) groups is 1. The minimum Gasteiger partial charge on any atom is -0.494 e. The fourth-order valence-electron chi connectivity index (χ4n) is 2.97. The Labute approximate surface area is 137 Å². The van der Waals surface area contributed by atoms with Crippen molar-refractivity contribution in [1.82, 2.24) is 10.6 Å². The highest BCUT2D eigenvalue weighted by atomic mass is 19.1. The van der Waals surface area contributed by atoms with Crippen LogP contribution < -0.4 is 15.4 Å². The van der Waals surface area contributed by atoms with Crippen molar-refractivity contribution in [2.45, 2.75) is 32.6 Å². The first-order valence-electron chi connectivity index (χ1n) is 8.51. The molecule has 1 fully saturated rings. The van der Waals surface area contributed by atoms with E-state index in [-0.39, 0.29) is 11.7 Å². The molecule has 1 aromatic rings. The first-order valence-corrected chi connectivity index (χ1v) is 8.51. The van der Waals surface area contributed by atoms with Crippen LogP contribution in [0.5, 0.6) is 5.75 Å². The number of nitrogens with one attached hydrogen (secondary N) is 2. The molecule has 1 aliphatic heterocycles. The van der Waals surface area contributed by atoms with Crippen molar-refractivity contribution in [1.29, 1.82) is 0 Å². The summed E-state index contributed by atoms with van der Waals surface area (Å²) in [6.45, 7) is 5.43. The van der Waals surface area contributed by atoms with Crippen molar-refractivity contribution in [2.24, 2.45) is 11.8 Å².